The Morgan fingerprint density at radius 2 is 0.704 bits per heavy atom. The molecule has 1 aliphatic carbocycles. The van der Waals surface area contributed by atoms with E-state index in [1.165, 1.54) is 0 Å². The van der Waals surface area contributed by atoms with Crippen LogP contribution in [0.3, 0.4) is 0 Å². The van der Waals surface area contributed by atoms with Crippen LogP contribution in [0.4, 0.5) is 0 Å². The highest BCUT2D eigenvalue weighted by molar-refractivity contribution is 7.85. The first kappa shape index (κ1) is 32.7. The van der Waals surface area contributed by atoms with Crippen molar-refractivity contribution in [3.05, 3.63) is 229 Å². The fourth-order valence-electron chi connectivity index (χ4n) is 8.71. The van der Waals surface area contributed by atoms with Crippen LogP contribution in [0.5, 0.6) is 11.5 Å². The Hall–Kier alpha value is -5.98. The van der Waals surface area contributed by atoms with Crippen LogP contribution in [0, 0.1) is 0 Å². The van der Waals surface area contributed by atoms with Crippen molar-refractivity contribution >= 4 is 46.1 Å². The predicted molar refractivity (Wildman–Crippen MR) is 223 cm³/mol. The van der Waals surface area contributed by atoms with Crippen molar-refractivity contribution in [1.82, 2.24) is 0 Å². The molecule has 0 N–H and O–H groups in total. The minimum absolute atomic E-state index is 0.701. The quantitative estimate of drug-likeness (QED) is 0.160. The molecule has 1 atom stereocenters. The standard InChI is InChI=1S/C49H34O3P2/c50-53(35-17-5-1-6-18-35,36-19-7-2-8-20-36)39-29-31-42-41-25-13-14-26-43(41)49(45(42)33-39)44-27-15-16-28-47(44)52-48-32-30-40(34-46(48)49)54(51,37-21-9-3-10-22-37)38-23-11-4-12-24-38/h1-34H. The molecule has 0 saturated carbocycles. The highest BCUT2D eigenvalue weighted by Crippen LogP contribution is 2.63. The zero-order chi connectivity index (χ0) is 36.3. The molecule has 0 bridgehead atoms. The van der Waals surface area contributed by atoms with Gasteiger partial charge in [0.25, 0.3) is 0 Å². The second-order valence-electron chi connectivity index (χ2n) is 13.9. The smallest absolute Gasteiger partial charge is 0.171 e. The molecule has 0 aromatic heterocycles. The summed E-state index contributed by atoms with van der Waals surface area (Å²) < 4.78 is 38.5. The van der Waals surface area contributed by atoms with Crippen LogP contribution in [-0.4, -0.2) is 0 Å². The molecule has 0 saturated heterocycles. The summed E-state index contributed by atoms with van der Waals surface area (Å²) in [6, 6.07) is 68.5. The van der Waals surface area contributed by atoms with Crippen LogP contribution in [0.25, 0.3) is 11.1 Å². The number of rotatable bonds is 6. The molecule has 1 heterocycles. The first-order chi connectivity index (χ1) is 26.5. The first-order valence-electron chi connectivity index (χ1n) is 18.1. The molecule has 3 nitrogen and oxygen atoms in total. The molecule has 0 radical (unpaired) electrons. The molecular formula is C49H34O3P2. The van der Waals surface area contributed by atoms with E-state index in [0.29, 0.717) is 5.75 Å². The Bertz CT molecular complexity index is 2710. The summed E-state index contributed by atoms with van der Waals surface area (Å²) >= 11 is 0. The molecular weight excluding hydrogens is 698 g/mol. The molecule has 10 rings (SSSR count). The Balaban J connectivity index is 1.30. The lowest BCUT2D eigenvalue weighted by molar-refractivity contribution is 0.436. The van der Waals surface area contributed by atoms with Gasteiger partial charge in [-0.1, -0.05) is 176 Å². The first-order valence-corrected chi connectivity index (χ1v) is 21.6. The number of fused-ring (bicyclic) bond motifs is 9. The van der Waals surface area contributed by atoms with Crippen molar-refractivity contribution in [2.24, 2.45) is 0 Å². The van der Waals surface area contributed by atoms with E-state index in [-0.39, 0.29) is 0 Å². The van der Waals surface area contributed by atoms with Crippen molar-refractivity contribution in [3.8, 4) is 22.6 Å². The number of hydrogen-bond acceptors (Lipinski definition) is 3. The van der Waals surface area contributed by atoms with Crippen molar-refractivity contribution in [2.45, 2.75) is 5.41 Å². The Kier molecular flexibility index (Phi) is 7.60. The van der Waals surface area contributed by atoms with Gasteiger partial charge >= 0.3 is 0 Å². The summed E-state index contributed by atoms with van der Waals surface area (Å²) in [6.45, 7) is 0. The minimum Gasteiger partial charge on any atom is -0.457 e. The fraction of sp³-hybridized carbons (Fsp3) is 0.0204. The second kappa shape index (κ2) is 12.6. The molecule has 2 aliphatic rings. The topological polar surface area (TPSA) is 43.4 Å². The number of hydrogen-bond donors (Lipinski definition) is 0. The number of ether oxygens (including phenoxy) is 1. The van der Waals surface area contributed by atoms with E-state index in [2.05, 4.69) is 60.7 Å². The van der Waals surface area contributed by atoms with Gasteiger partial charge in [-0.25, -0.2) is 0 Å². The highest BCUT2D eigenvalue weighted by atomic mass is 31.2. The van der Waals surface area contributed by atoms with Crippen molar-refractivity contribution in [3.63, 3.8) is 0 Å². The zero-order valence-electron chi connectivity index (χ0n) is 29.2. The van der Waals surface area contributed by atoms with Crippen LogP contribution in [0.15, 0.2) is 206 Å². The van der Waals surface area contributed by atoms with Crippen molar-refractivity contribution < 1.29 is 13.9 Å². The van der Waals surface area contributed by atoms with E-state index in [0.717, 1.165) is 71.0 Å². The zero-order valence-corrected chi connectivity index (χ0v) is 31.0. The predicted octanol–water partition coefficient (Wildman–Crippen LogP) is 9.43. The van der Waals surface area contributed by atoms with Gasteiger partial charge in [-0.15, -0.1) is 0 Å². The Morgan fingerprint density at radius 3 is 1.24 bits per heavy atom. The van der Waals surface area contributed by atoms with Crippen LogP contribution in [0.1, 0.15) is 22.3 Å². The van der Waals surface area contributed by atoms with Gasteiger partial charge < -0.3 is 13.9 Å². The van der Waals surface area contributed by atoms with Crippen LogP contribution in [-0.2, 0) is 14.5 Å². The summed E-state index contributed by atoms with van der Waals surface area (Å²) in [6.07, 6.45) is 0. The van der Waals surface area contributed by atoms with Crippen LogP contribution >= 0.6 is 14.3 Å². The van der Waals surface area contributed by atoms with Gasteiger partial charge in [0.1, 0.15) is 11.5 Å². The Labute approximate surface area is 315 Å². The van der Waals surface area contributed by atoms with Gasteiger partial charge in [0.2, 0.25) is 0 Å². The van der Waals surface area contributed by atoms with Gasteiger partial charge in [-0.3, -0.25) is 0 Å². The van der Waals surface area contributed by atoms with Gasteiger partial charge in [-0.05, 0) is 52.6 Å². The summed E-state index contributed by atoms with van der Waals surface area (Å²) in [7, 11) is -6.68. The summed E-state index contributed by atoms with van der Waals surface area (Å²) in [5.41, 5.74) is 5.34. The van der Waals surface area contributed by atoms with E-state index < -0.39 is 19.7 Å². The molecule has 8 aromatic rings. The van der Waals surface area contributed by atoms with Crippen molar-refractivity contribution in [1.29, 1.82) is 0 Å². The maximum atomic E-state index is 15.9. The van der Waals surface area contributed by atoms with E-state index in [1.54, 1.807) is 0 Å². The van der Waals surface area contributed by atoms with Crippen molar-refractivity contribution in [2.75, 3.05) is 0 Å². The summed E-state index contributed by atoms with van der Waals surface area (Å²) in [5, 5.41) is 4.57. The molecule has 0 amide bonds. The van der Waals surface area contributed by atoms with Crippen LogP contribution in [0.2, 0.25) is 0 Å². The molecule has 5 heteroatoms. The molecule has 0 fully saturated rings. The second-order valence-corrected chi connectivity index (χ2v) is 19.4. The number of para-hydroxylation sites is 1. The van der Waals surface area contributed by atoms with E-state index in [4.69, 9.17) is 4.74 Å². The largest absolute Gasteiger partial charge is 0.457 e. The average Bonchev–Trinajstić information content (AvgIpc) is 3.54. The third-order valence-electron chi connectivity index (χ3n) is 11.1. The lowest BCUT2D eigenvalue weighted by Gasteiger charge is -2.40. The molecule has 8 aromatic carbocycles. The number of benzene rings is 8. The lowest BCUT2D eigenvalue weighted by Crippen LogP contribution is -2.35. The monoisotopic (exact) mass is 732 g/mol. The lowest BCUT2D eigenvalue weighted by atomic mass is 9.66. The maximum Gasteiger partial charge on any atom is 0.171 e. The molecule has 1 aliphatic heterocycles. The van der Waals surface area contributed by atoms with E-state index >= 15 is 9.13 Å². The highest BCUT2D eigenvalue weighted by Gasteiger charge is 2.52. The van der Waals surface area contributed by atoms with Gasteiger partial charge in [0, 0.05) is 43.0 Å². The maximum absolute atomic E-state index is 15.9. The summed E-state index contributed by atoms with van der Waals surface area (Å²) in [5.74, 6) is 1.46. The third-order valence-corrected chi connectivity index (χ3v) is 17.2. The van der Waals surface area contributed by atoms with E-state index in [1.807, 2.05) is 146 Å². The molecule has 1 unspecified atom stereocenters. The van der Waals surface area contributed by atoms with E-state index in [9.17, 15) is 0 Å². The third kappa shape index (κ3) is 4.62. The molecule has 54 heavy (non-hydrogen) atoms. The summed E-state index contributed by atoms with van der Waals surface area (Å²) in [4.78, 5) is 0. The van der Waals surface area contributed by atoms with Crippen LogP contribution < -0.4 is 36.6 Å². The Morgan fingerprint density at radius 1 is 0.315 bits per heavy atom. The van der Waals surface area contributed by atoms with Gasteiger partial charge in [-0.2, -0.15) is 0 Å². The average molecular weight is 733 g/mol. The fourth-order valence-corrected chi connectivity index (χ4v) is 14.1. The SMILES string of the molecule is O=P(c1ccccc1)(c1ccccc1)c1ccc2c(c1)C1(c3ccccc3O2)c2ccccc2-c2ccc(P(=O)(c3ccccc3)c3ccccc3)cc21. The van der Waals surface area contributed by atoms with Gasteiger partial charge in [0.05, 0.1) is 5.41 Å². The van der Waals surface area contributed by atoms with Gasteiger partial charge in [0.15, 0.2) is 14.3 Å². The normalized spacial score (nSPS) is 15.4. The molecule has 1 spiro atoms. The molecule has 258 valence electrons. The minimum atomic E-state index is -3.35.